The topological polar surface area (TPSA) is 46.5 Å². The lowest BCUT2D eigenvalue weighted by Gasteiger charge is -2.26. The van der Waals surface area contributed by atoms with Crippen LogP contribution in [0.2, 0.25) is 5.02 Å². The monoisotopic (exact) mass is 501 g/mol. The maximum Gasteiger partial charge on any atom is 0.220 e. The molecule has 1 aliphatic rings. The number of hydrogen-bond donors (Lipinski definition) is 1. The molecular formula is C30H32ClN3O2. The summed E-state index contributed by atoms with van der Waals surface area (Å²) in [5.74, 6) is -0.114. The van der Waals surface area contributed by atoms with E-state index in [0.717, 1.165) is 61.4 Å². The maximum atomic E-state index is 13.2. The van der Waals surface area contributed by atoms with Gasteiger partial charge in [0, 0.05) is 67.2 Å². The quantitative estimate of drug-likeness (QED) is 0.338. The Hall–Kier alpha value is -3.12. The molecule has 1 saturated heterocycles. The third-order valence-corrected chi connectivity index (χ3v) is 7.26. The molecule has 0 unspecified atom stereocenters. The molecule has 1 aromatic heterocycles. The summed E-state index contributed by atoms with van der Waals surface area (Å²) in [5, 5.41) is 4.98. The molecule has 1 N–H and O–H groups in total. The Morgan fingerprint density at radius 3 is 2.44 bits per heavy atom. The second kappa shape index (κ2) is 11.7. The molecule has 3 aromatic carbocycles. The van der Waals surface area contributed by atoms with E-state index in [1.54, 1.807) is 0 Å². The van der Waals surface area contributed by atoms with Crippen molar-refractivity contribution >= 4 is 28.4 Å². The number of nitrogens with zero attached hydrogens (tertiary/aromatic N) is 2. The minimum absolute atomic E-state index is 0.0352. The second-order valence-electron chi connectivity index (χ2n) is 9.30. The molecule has 4 aromatic rings. The zero-order valence-corrected chi connectivity index (χ0v) is 21.2. The van der Waals surface area contributed by atoms with E-state index in [1.807, 2.05) is 30.3 Å². The molecule has 186 valence electrons. The zero-order valence-electron chi connectivity index (χ0n) is 20.4. The van der Waals surface area contributed by atoms with Crippen molar-refractivity contribution in [1.82, 2.24) is 14.8 Å². The van der Waals surface area contributed by atoms with Crippen LogP contribution in [-0.4, -0.2) is 54.8 Å². The van der Waals surface area contributed by atoms with Crippen LogP contribution in [0.15, 0.2) is 85.1 Å². The summed E-state index contributed by atoms with van der Waals surface area (Å²) in [4.78, 5) is 15.5. The van der Waals surface area contributed by atoms with Gasteiger partial charge in [-0.1, -0.05) is 78.3 Å². The summed E-state index contributed by atoms with van der Waals surface area (Å²) in [6, 6.07) is 26.7. The number of fused-ring (bicyclic) bond motifs is 1. The van der Waals surface area contributed by atoms with Crippen LogP contribution >= 0.6 is 11.6 Å². The average Bonchev–Trinajstić information content (AvgIpc) is 3.27. The molecule has 0 bridgehead atoms. The van der Waals surface area contributed by atoms with Crippen molar-refractivity contribution in [3.8, 4) is 0 Å². The predicted molar refractivity (Wildman–Crippen MR) is 146 cm³/mol. The molecular weight excluding hydrogens is 470 g/mol. The van der Waals surface area contributed by atoms with E-state index >= 15 is 0 Å². The van der Waals surface area contributed by atoms with Gasteiger partial charge < -0.3 is 14.6 Å². The van der Waals surface area contributed by atoms with Gasteiger partial charge in [-0.25, -0.2) is 0 Å². The van der Waals surface area contributed by atoms with E-state index in [9.17, 15) is 4.79 Å². The van der Waals surface area contributed by atoms with E-state index in [4.69, 9.17) is 16.3 Å². The number of para-hydroxylation sites is 1. The second-order valence-corrected chi connectivity index (χ2v) is 9.70. The van der Waals surface area contributed by atoms with Crippen LogP contribution in [0.3, 0.4) is 0 Å². The molecule has 0 aliphatic carbocycles. The summed E-state index contributed by atoms with van der Waals surface area (Å²) >= 11 is 6.69. The smallest absolute Gasteiger partial charge is 0.220 e. The van der Waals surface area contributed by atoms with Crippen molar-refractivity contribution in [3.05, 3.63) is 107 Å². The molecule has 1 fully saturated rings. The number of morpholine rings is 1. The molecule has 5 nitrogen and oxygen atoms in total. The van der Waals surface area contributed by atoms with Gasteiger partial charge in [-0.2, -0.15) is 0 Å². The standard InChI is InChI=1S/C30H32ClN3O2/c31-28-12-6-4-10-24(28)26(20-30(35)32-14-15-33-16-18-36-19-17-33)27-22-34(21-23-8-2-1-3-9-23)29-13-7-5-11-25(27)29/h1-13,22,26H,14-21H2,(H,32,35)/t26-/m0/s1. The number of ether oxygens (including phenoxy) is 1. The Labute approximate surface area is 217 Å². The minimum atomic E-state index is -0.149. The number of halogens is 1. The first-order chi connectivity index (χ1) is 17.7. The first kappa shape index (κ1) is 24.6. The summed E-state index contributed by atoms with van der Waals surface area (Å²) < 4.78 is 7.70. The Bertz CT molecular complexity index is 1300. The fourth-order valence-corrected chi connectivity index (χ4v) is 5.31. The largest absolute Gasteiger partial charge is 0.379 e. The molecule has 0 radical (unpaired) electrons. The van der Waals surface area contributed by atoms with Crippen LogP contribution < -0.4 is 5.32 Å². The Morgan fingerprint density at radius 2 is 1.64 bits per heavy atom. The van der Waals surface area contributed by atoms with E-state index < -0.39 is 0 Å². The summed E-state index contributed by atoms with van der Waals surface area (Å²) in [5.41, 5.74) is 4.49. The van der Waals surface area contributed by atoms with E-state index in [1.165, 1.54) is 5.56 Å². The summed E-state index contributed by atoms with van der Waals surface area (Å²) in [7, 11) is 0. The predicted octanol–water partition coefficient (Wildman–Crippen LogP) is 5.31. The third-order valence-electron chi connectivity index (χ3n) is 6.91. The average molecular weight is 502 g/mol. The number of nitrogens with one attached hydrogen (secondary N) is 1. The van der Waals surface area contributed by atoms with Gasteiger partial charge in [0.1, 0.15) is 0 Å². The molecule has 5 rings (SSSR count). The SMILES string of the molecule is O=C(C[C@@H](c1ccccc1Cl)c1cn(Cc2ccccc2)c2ccccc12)NCCN1CCOCC1. The van der Waals surface area contributed by atoms with Crippen molar-refractivity contribution < 1.29 is 9.53 Å². The molecule has 36 heavy (non-hydrogen) atoms. The molecule has 2 heterocycles. The van der Waals surface area contributed by atoms with Crippen molar-refractivity contribution in [3.63, 3.8) is 0 Å². The van der Waals surface area contributed by atoms with Gasteiger partial charge in [-0.15, -0.1) is 0 Å². The number of rotatable bonds is 9. The number of carbonyl (C=O) groups excluding carboxylic acids is 1. The molecule has 1 aliphatic heterocycles. The first-order valence-corrected chi connectivity index (χ1v) is 13.0. The number of benzene rings is 3. The number of aromatic nitrogens is 1. The Balaban J connectivity index is 1.42. The van der Waals surface area contributed by atoms with Crippen LogP contribution in [-0.2, 0) is 16.1 Å². The lowest BCUT2D eigenvalue weighted by atomic mass is 9.88. The van der Waals surface area contributed by atoms with E-state index in [2.05, 4.69) is 69.5 Å². The normalized spacial score (nSPS) is 15.1. The molecule has 1 atom stereocenters. The molecule has 1 amide bonds. The Morgan fingerprint density at radius 1 is 0.917 bits per heavy atom. The lowest BCUT2D eigenvalue weighted by Crippen LogP contribution is -2.41. The fraction of sp³-hybridized carbons (Fsp3) is 0.300. The minimum Gasteiger partial charge on any atom is -0.379 e. The fourth-order valence-electron chi connectivity index (χ4n) is 5.04. The van der Waals surface area contributed by atoms with Crippen molar-refractivity contribution in [1.29, 1.82) is 0 Å². The van der Waals surface area contributed by atoms with Crippen LogP contribution in [0.25, 0.3) is 10.9 Å². The van der Waals surface area contributed by atoms with Gasteiger partial charge in [-0.05, 0) is 28.8 Å². The van der Waals surface area contributed by atoms with Gasteiger partial charge in [0.25, 0.3) is 0 Å². The highest BCUT2D eigenvalue weighted by atomic mass is 35.5. The Kier molecular flexibility index (Phi) is 8.01. The molecule has 0 saturated carbocycles. The van der Waals surface area contributed by atoms with Crippen molar-refractivity contribution in [2.45, 2.75) is 18.9 Å². The van der Waals surface area contributed by atoms with E-state index in [-0.39, 0.29) is 11.8 Å². The zero-order chi connectivity index (χ0) is 24.7. The van der Waals surface area contributed by atoms with Crippen molar-refractivity contribution in [2.24, 2.45) is 0 Å². The maximum absolute atomic E-state index is 13.2. The van der Waals surface area contributed by atoms with Gasteiger partial charge in [0.2, 0.25) is 5.91 Å². The molecule has 0 spiro atoms. The summed E-state index contributed by atoms with van der Waals surface area (Å²) in [6.45, 7) is 5.58. The highest BCUT2D eigenvalue weighted by Crippen LogP contribution is 2.37. The van der Waals surface area contributed by atoms with Crippen molar-refractivity contribution in [2.75, 3.05) is 39.4 Å². The van der Waals surface area contributed by atoms with Crippen LogP contribution in [0, 0.1) is 0 Å². The first-order valence-electron chi connectivity index (χ1n) is 12.6. The van der Waals surface area contributed by atoms with Crippen LogP contribution in [0.4, 0.5) is 0 Å². The number of hydrogen-bond acceptors (Lipinski definition) is 3. The van der Waals surface area contributed by atoms with Gasteiger partial charge in [-0.3, -0.25) is 9.69 Å². The van der Waals surface area contributed by atoms with Gasteiger partial charge in [0.15, 0.2) is 0 Å². The van der Waals surface area contributed by atoms with Gasteiger partial charge >= 0.3 is 0 Å². The van der Waals surface area contributed by atoms with Crippen LogP contribution in [0.5, 0.6) is 0 Å². The highest BCUT2D eigenvalue weighted by molar-refractivity contribution is 6.31. The lowest BCUT2D eigenvalue weighted by molar-refractivity contribution is -0.121. The molecule has 6 heteroatoms. The number of carbonyl (C=O) groups is 1. The number of amides is 1. The van der Waals surface area contributed by atoms with Crippen LogP contribution in [0.1, 0.15) is 29.0 Å². The van der Waals surface area contributed by atoms with Gasteiger partial charge in [0.05, 0.1) is 13.2 Å². The highest BCUT2D eigenvalue weighted by Gasteiger charge is 2.24. The third kappa shape index (κ3) is 5.81. The summed E-state index contributed by atoms with van der Waals surface area (Å²) in [6.07, 6.45) is 2.54. The van der Waals surface area contributed by atoms with E-state index in [0.29, 0.717) is 18.0 Å².